The lowest BCUT2D eigenvalue weighted by molar-refractivity contribution is 1.28. The molecule has 0 radical (unpaired) electrons. The van der Waals surface area contributed by atoms with Crippen LogP contribution in [-0.2, 0) is 0 Å². The monoisotopic (exact) mass is 389 g/mol. The normalized spacial score (nSPS) is 11.3. The van der Waals surface area contributed by atoms with E-state index in [0.29, 0.717) is 0 Å². The average molecular weight is 389 g/mol. The fourth-order valence-corrected chi connectivity index (χ4v) is 3.53. The van der Waals surface area contributed by atoms with Crippen LogP contribution in [0.3, 0.4) is 0 Å². The molecule has 142 valence electrons. The number of hydrogen-bond acceptors (Lipinski definition) is 5. The van der Waals surface area contributed by atoms with Gasteiger partial charge in [-0.1, -0.05) is 6.07 Å². The SMILES string of the molecule is c1cc(-c2nc3cc(-c4cc5[nH]c(-c6ccncc6)nc5cn4)ccc3[nH]2)ccn1. The molecule has 0 aliphatic heterocycles. The minimum absolute atomic E-state index is 0.802. The molecule has 0 aliphatic carbocycles. The fourth-order valence-electron chi connectivity index (χ4n) is 3.53. The number of aromatic amines is 2. The van der Waals surface area contributed by atoms with Crippen molar-refractivity contribution in [2.75, 3.05) is 0 Å². The Bertz CT molecular complexity index is 1370. The second-order valence-corrected chi connectivity index (χ2v) is 6.96. The third kappa shape index (κ3) is 2.80. The predicted molar refractivity (Wildman–Crippen MR) is 115 cm³/mol. The molecule has 0 atom stereocenters. The first-order valence-electron chi connectivity index (χ1n) is 9.50. The Kier molecular flexibility index (Phi) is 3.64. The quantitative estimate of drug-likeness (QED) is 0.460. The lowest BCUT2D eigenvalue weighted by Crippen LogP contribution is -1.84. The Morgan fingerprint density at radius 3 is 1.90 bits per heavy atom. The minimum Gasteiger partial charge on any atom is -0.338 e. The number of pyridine rings is 3. The number of benzene rings is 1. The topological polar surface area (TPSA) is 96.0 Å². The van der Waals surface area contributed by atoms with Crippen molar-refractivity contribution in [3.05, 3.63) is 79.5 Å². The first kappa shape index (κ1) is 16.6. The van der Waals surface area contributed by atoms with E-state index in [1.807, 2.05) is 48.5 Å². The Labute approximate surface area is 170 Å². The molecule has 0 fully saturated rings. The fraction of sp³-hybridized carbons (Fsp3) is 0. The third-order valence-electron chi connectivity index (χ3n) is 5.05. The summed E-state index contributed by atoms with van der Waals surface area (Å²) in [6.07, 6.45) is 8.83. The molecule has 30 heavy (non-hydrogen) atoms. The highest BCUT2D eigenvalue weighted by Gasteiger charge is 2.10. The zero-order valence-corrected chi connectivity index (χ0v) is 15.7. The molecule has 0 saturated carbocycles. The molecule has 7 heteroatoms. The van der Waals surface area contributed by atoms with E-state index in [1.54, 1.807) is 31.0 Å². The van der Waals surface area contributed by atoms with Crippen LogP contribution >= 0.6 is 0 Å². The van der Waals surface area contributed by atoms with Gasteiger partial charge in [0.25, 0.3) is 0 Å². The van der Waals surface area contributed by atoms with Crippen LogP contribution in [0.15, 0.2) is 79.5 Å². The van der Waals surface area contributed by atoms with Crippen LogP contribution in [0.5, 0.6) is 0 Å². The van der Waals surface area contributed by atoms with E-state index in [1.165, 1.54) is 0 Å². The van der Waals surface area contributed by atoms with Crippen LogP contribution in [0.1, 0.15) is 0 Å². The zero-order valence-electron chi connectivity index (χ0n) is 15.7. The first-order chi connectivity index (χ1) is 14.8. The van der Waals surface area contributed by atoms with Crippen molar-refractivity contribution >= 4 is 22.1 Å². The highest BCUT2D eigenvalue weighted by Crippen LogP contribution is 2.27. The van der Waals surface area contributed by atoms with E-state index in [-0.39, 0.29) is 0 Å². The number of nitrogens with one attached hydrogen (secondary N) is 2. The molecular formula is C23H15N7. The summed E-state index contributed by atoms with van der Waals surface area (Å²) in [4.78, 5) is 28.9. The zero-order chi connectivity index (χ0) is 19.9. The summed E-state index contributed by atoms with van der Waals surface area (Å²) in [5, 5.41) is 0. The summed E-state index contributed by atoms with van der Waals surface area (Å²) in [5.41, 5.74) is 7.49. The summed E-state index contributed by atoms with van der Waals surface area (Å²) >= 11 is 0. The lowest BCUT2D eigenvalue weighted by atomic mass is 10.1. The number of nitrogens with zero attached hydrogens (tertiary/aromatic N) is 5. The van der Waals surface area contributed by atoms with Crippen LogP contribution in [0.4, 0.5) is 0 Å². The van der Waals surface area contributed by atoms with E-state index >= 15 is 0 Å². The van der Waals surface area contributed by atoms with E-state index in [0.717, 1.165) is 56.1 Å². The Hall–Kier alpha value is -4.39. The second kappa shape index (κ2) is 6.59. The smallest absolute Gasteiger partial charge is 0.138 e. The van der Waals surface area contributed by atoms with Crippen molar-refractivity contribution in [1.82, 2.24) is 34.9 Å². The largest absolute Gasteiger partial charge is 0.338 e. The highest BCUT2D eigenvalue weighted by molar-refractivity contribution is 5.87. The van der Waals surface area contributed by atoms with Gasteiger partial charge in [-0.3, -0.25) is 15.0 Å². The molecule has 0 aliphatic rings. The molecule has 2 N–H and O–H groups in total. The molecular weight excluding hydrogens is 374 g/mol. The molecule has 7 nitrogen and oxygen atoms in total. The maximum absolute atomic E-state index is 4.74. The molecule has 0 bridgehead atoms. The van der Waals surface area contributed by atoms with Gasteiger partial charge in [-0.05, 0) is 42.5 Å². The Morgan fingerprint density at radius 1 is 0.567 bits per heavy atom. The average Bonchev–Trinajstić information content (AvgIpc) is 3.43. The van der Waals surface area contributed by atoms with Gasteiger partial charge in [0.05, 0.1) is 28.4 Å². The molecule has 0 saturated heterocycles. The van der Waals surface area contributed by atoms with Gasteiger partial charge in [-0.25, -0.2) is 9.97 Å². The van der Waals surface area contributed by atoms with Gasteiger partial charge in [-0.15, -0.1) is 0 Å². The Balaban J connectivity index is 1.40. The molecule has 6 rings (SSSR count). The maximum Gasteiger partial charge on any atom is 0.138 e. The standard InChI is InChI=1S/C23H15N7/c1-2-17-19(28-22(27-17)14-3-7-24-8-4-14)11-16(1)18-12-20-21(13-26-18)30-23(29-20)15-5-9-25-10-6-15/h1-13H,(H,27,28)(H,29,30). The molecule has 0 unspecified atom stereocenters. The van der Waals surface area contributed by atoms with Gasteiger partial charge in [0, 0.05) is 41.5 Å². The maximum atomic E-state index is 4.74. The predicted octanol–water partition coefficient (Wildman–Crippen LogP) is 4.63. The summed E-state index contributed by atoms with van der Waals surface area (Å²) in [6, 6.07) is 15.9. The molecule has 0 spiro atoms. The van der Waals surface area contributed by atoms with E-state index in [4.69, 9.17) is 4.98 Å². The van der Waals surface area contributed by atoms with Gasteiger partial charge in [0.1, 0.15) is 17.2 Å². The summed E-state index contributed by atoms with van der Waals surface area (Å²) in [7, 11) is 0. The molecule has 0 amide bonds. The van der Waals surface area contributed by atoms with E-state index in [9.17, 15) is 0 Å². The van der Waals surface area contributed by atoms with Gasteiger partial charge < -0.3 is 9.97 Å². The Morgan fingerprint density at radius 2 is 1.20 bits per heavy atom. The van der Waals surface area contributed by atoms with Gasteiger partial charge in [-0.2, -0.15) is 0 Å². The van der Waals surface area contributed by atoms with E-state index in [2.05, 4.69) is 29.9 Å². The van der Waals surface area contributed by atoms with Crippen molar-refractivity contribution in [2.45, 2.75) is 0 Å². The summed E-state index contributed by atoms with van der Waals surface area (Å²) in [6.45, 7) is 0. The number of fused-ring (bicyclic) bond motifs is 2. The van der Waals surface area contributed by atoms with Crippen molar-refractivity contribution in [1.29, 1.82) is 0 Å². The van der Waals surface area contributed by atoms with Gasteiger partial charge in [0.2, 0.25) is 0 Å². The second-order valence-electron chi connectivity index (χ2n) is 6.96. The van der Waals surface area contributed by atoms with Gasteiger partial charge >= 0.3 is 0 Å². The third-order valence-corrected chi connectivity index (χ3v) is 5.05. The van der Waals surface area contributed by atoms with Crippen molar-refractivity contribution in [3.63, 3.8) is 0 Å². The number of imidazole rings is 2. The molecule has 5 aromatic heterocycles. The number of hydrogen-bond donors (Lipinski definition) is 2. The number of aromatic nitrogens is 7. The van der Waals surface area contributed by atoms with Crippen molar-refractivity contribution in [3.8, 4) is 34.0 Å². The van der Waals surface area contributed by atoms with Crippen LogP contribution in [-0.4, -0.2) is 34.9 Å². The summed E-state index contributed by atoms with van der Waals surface area (Å²) in [5.74, 6) is 1.62. The van der Waals surface area contributed by atoms with Crippen LogP contribution in [0.25, 0.3) is 56.1 Å². The van der Waals surface area contributed by atoms with Crippen molar-refractivity contribution < 1.29 is 0 Å². The van der Waals surface area contributed by atoms with Crippen LogP contribution < -0.4 is 0 Å². The first-order valence-corrected chi connectivity index (χ1v) is 9.50. The van der Waals surface area contributed by atoms with E-state index < -0.39 is 0 Å². The molecule has 1 aromatic carbocycles. The van der Waals surface area contributed by atoms with Crippen LogP contribution in [0.2, 0.25) is 0 Å². The number of rotatable bonds is 3. The van der Waals surface area contributed by atoms with Crippen molar-refractivity contribution in [2.24, 2.45) is 0 Å². The van der Waals surface area contributed by atoms with Gasteiger partial charge in [0.15, 0.2) is 0 Å². The number of H-pyrrole nitrogens is 2. The highest BCUT2D eigenvalue weighted by atomic mass is 14.9. The molecule has 6 aromatic rings. The molecule has 5 heterocycles. The van der Waals surface area contributed by atoms with Crippen LogP contribution in [0, 0.1) is 0 Å². The summed E-state index contributed by atoms with van der Waals surface area (Å²) < 4.78 is 0. The minimum atomic E-state index is 0.802. The lowest BCUT2D eigenvalue weighted by Gasteiger charge is -2.00.